The number of anilines is 1. The minimum atomic E-state index is -3.64. The molecule has 2 heterocycles. The van der Waals surface area contributed by atoms with Gasteiger partial charge in [0.05, 0.1) is 17.6 Å². The van der Waals surface area contributed by atoms with Gasteiger partial charge in [-0.25, -0.2) is 13.4 Å². The molecule has 138 valence electrons. The van der Waals surface area contributed by atoms with E-state index >= 15 is 0 Å². The Balaban J connectivity index is 1.73. The fourth-order valence-electron chi connectivity index (χ4n) is 2.89. The van der Waals surface area contributed by atoms with Crippen LogP contribution in [0.5, 0.6) is 5.88 Å². The number of nitrogens with one attached hydrogen (secondary N) is 1. The summed E-state index contributed by atoms with van der Waals surface area (Å²) in [5, 5.41) is 2.65. The molecule has 1 saturated heterocycles. The summed E-state index contributed by atoms with van der Waals surface area (Å²) in [6.07, 6.45) is 4.89. The molecule has 2 aromatic rings. The first-order valence-corrected chi connectivity index (χ1v) is 9.61. The monoisotopic (exact) mass is 376 g/mol. The third kappa shape index (κ3) is 4.00. The highest BCUT2D eigenvalue weighted by Crippen LogP contribution is 2.27. The molecule has 1 N–H and O–H groups in total. The van der Waals surface area contributed by atoms with E-state index in [-0.39, 0.29) is 23.5 Å². The van der Waals surface area contributed by atoms with Gasteiger partial charge in [-0.1, -0.05) is 0 Å². The Bertz CT molecular complexity index is 902. The van der Waals surface area contributed by atoms with E-state index in [2.05, 4.69) is 15.3 Å². The van der Waals surface area contributed by atoms with E-state index < -0.39 is 10.0 Å². The van der Waals surface area contributed by atoms with E-state index in [1.807, 2.05) is 0 Å². The summed E-state index contributed by atoms with van der Waals surface area (Å²) >= 11 is 0. The largest absolute Gasteiger partial charge is 0.472 e. The number of carbonyl (C=O) groups excluding carboxylic acids is 1. The van der Waals surface area contributed by atoms with Crippen molar-refractivity contribution in [3.63, 3.8) is 0 Å². The van der Waals surface area contributed by atoms with Crippen molar-refractivity contribution in [2.75, 3.05) is 18.4 Å². The number of aryl methyl sites for hydroxylation is 1. The maximum Gasteiger partial charge on any atom is 0.243 e. The highest BCUT2D eigenvalue weighted by atomic mass is 32.2. The fourth-order valence-corrected chi connectivity index (χ4v) is 4.58. The summed E-state index contributed by atoms with van der Waals surface area (Å²) in [7, 11) is -3.64. The van der Waals surface area contributed by atoms with Crippen LogP contribution in [0.4, 0.5) is 5.69 Å². The molecule has 3 rings (SSSR count). The van der Waals surface area contributed by atoms with Crippen LogP contribution in [-0.2, 0) is 14.8 Å². The van der Waals surface area contributed by atoms with Gasteiger partial charge in [-0.2, -0.15) is 4.31 Å². The van der Waals surface area contributed by atoms with Crippen molar-refractivity contribution in [2.45, 2.75) is 31.3 Å². The highest BCUT2D eigenvalue weighted by molar-refractivity contribution is 7.89. The van der Waals surface area contributed by atoms with Gasteiger partial charge in [-0.15, -0.1) is 0 Å². The predicted octanol–water partition coefficient (Wildman–Crippen LogP) is 1.59. The lowest BCUT2D eigenvalue weighted by Crippen LogP contribution is -2.31. The molecule has 1 atom stereocenters. The van der Waals surface area contributed by atoms with Crippen molar-refractivity contribution in [1.29, 1.82) is 0 Å². The summed E-state index contributed by atoms with van der Waals surface area (Å²) in [4.78, 5) is 19.3. The van der Waals surface area contributed by atoms with E-state index in [0.717, 1.165) is 0 Å². The molecule has 1 aliphatic rings. The van der Waals surface area contributed by atoms with Gasteiger partial charge >= 0.3 is 0 Å². The Hall–Kier alpha value is -2.52. The zero-order valence-electron chi connectivity index (χ0n) is 14.5. The number of sulfonamides is 1. The van der Waals surface area contributed by atoms with Crippen LogP contribution < -0.4 is 10.1 Å². The molecule has 1 aromatic carbocycles. The van der Waals surface area contributed by atoms with Gasteiger partial charge < -0.3 is 10.1 Å². The maximum absolute atomic E-state index is 12.9. The number of nitrogens with zero attached hydrogens (tertiary/aromatic N) is 3. The van der Waals surface area contributed by atoms with E-state index in [1.165, 1.54) is 29.7 Å². The molecule has 9 heteroatoms. The van der Waals surface area contributed by atoms with Gasteiger partial charge in [-0.3, -0.25) is 9.78 Å². The number of rotatable bonds is 5. The summed E-state index contributed by atoms with van der Waals surface area (Å²) < 4.78 is 33.0. The fraction of sp³-hybridized carbons (Fsp3) is 0.353. The summed E-state index contributed by atoms with van der Waals surface area (Å²) in [6, 6.07) is 4.76. The van der Waals surface area contributed by atoms with Crippen molar-refractivity contribution in [1.82, 2.24) is 14.3 Å². The van der Waals surface area contributed by atoms with Gasteiger partial charge in [0.15, 0.2) is 0 Å². The van der Waals surface area contributed by atoms with E-state index in [4.69, 9.17) is 4.74 Å². The maximum atomic E-state index is 12.9. The molecular weight excluding hydrogens is 356 g/mol. The summed E-state index contributed by atoms with van der Waals surface area (Å²) in [5.41, 5.74) is 1.15. The number of carbonyl (C=O) groups is 1. The number of amides is 1. The second-order valence-corrected chi connectivity index (χ2v) is 8.00. The number of benzene rings is 1. The average molecular weight is 376 g/mol. The van der Waals surface area contributed by atoms with Crippen LogP contribution in [0.3, 0.4) is 0 Å². The number of aromatic nitrogens is 2. The SMILES string of the molecule is CC(=O)Nc1ccc(S(=O)(=O)N2CCC(Oc3cnccn3)C2)c(C)c1. The second kappa shape index (κ2) is 7.38. The standard InChI is InChI=1S/C17H20N4O4S/c1-12-9-14(20-13(2)22)3-4-16(12)26(23,24)21-8-5-15(11-21)25-17-10-18-6-7-19-17/h3-4,6-7,9-10,15H,5,8,11H2,1-2H3,(H,20,22). The molecule has 1 amide bonds. The normalized spacial score (nSPS) is 17.8. The van der Waals surface area contributed by atoms with Crippen LogP contribution in [0.1, 0.15) is 18.9 Å². The molecular formula is C17H20N4O4S. The van der Waals surface area contributed by atoms with Gasteiger partial charge in [0.2, 0.25) is 21.8 Å². The van der Waals surface area contributed by atoms with Gasteiger partial charge in [0, 0.05) is 31.5 Å². The van der Waals surface area contributed by atoms with Crippen molar-refractivity contribution in [3.8, 4) is 5.88 Å². The summed E-state index contributed by atoms with van der Waals surface area (Å²) in [6.45, 7) is 3.75. The second-order valence-electron chi connectivity index (χ2n) is 6.10. The third-order valence-electron chi connectivity index (χ3n) is 4.05. The molecule has 1 fully saturated rings. The van der Waals surface area contributed by atoms with Crippen molar-refractivity contribution < 1.29 is 17.9 Å². The molecule has 0 radical (unpaired) electrons. The lowest BCUT2D eigenvalue weighted by atomic mass is 10.2. The average Bonchev–Trinajstić information content (AvgIpc) is 3.04. The Kier molecular flexibility index (Phi) is 5.19. The Labute approximate surface area is 152 Å². The smallest absolute Gasteiger partial charge is 0.243 e. The number of ether oxygens (including phenoxy) is 1. The summed E-state index contributed by atoms with van der Waals surface area (Å²) in [5.74, 6) is 0.177. The van der Waals surface area contributed by atoms with Gasteiger partial charge in [0.25, 0.3) is 0 Å². The number of hydrogen-bond acceptors (Lipinski definition) is 6. The number of hydrogen-bond donors (Lipinski definition) is 1. The molecule has 0 spiro atoms. The highest BCUT2D eigenvalue weighted by Gasteiger charge is 2.34. The van der Waals surface area contributed by atoms with Crippen LogP contribution in [-0.4, -0.2) is 47.8 Å². The van der Waals surface area contributed by atoms with Crippen molar-refractivity contribution in [3.05, 3.63) is 42.4 Å². The van der Waals surface area contributed by atoms with Crippen molar-refractivity contribution in [2.24, 2.45) is 0 Å². The van der Waals surface area contributed by atoms with E-state index in [1.54, 1.807) is 25.3 Å². The Morgan fingerprint density at radius 2 is 2.15 bits per heavy atom. The van der Waals surface area contributed by atoms with Crippen LogP contribution >= 0.6 is 0 Å². The molecule has 1 aliphatic heterocycles. The lowest BCUT2D eigenvalue weighted by molar-refractivity contribution is -0.114. The first-order chi connectivity index (χ1) is 12.4. The Morgan fingerprint density at radius 3 is 2.81 bits per heavy atom. The van der Waals surface area contributed by atoms with E-state index in [9.17, 15) is 13.2 Å². The molecule has 0 aliphatic carbocycles. The van der Waals surface area contributed by atoms with Gasteiger partial charge in [0.1, 0.15) is 6.10 Å². The first kappa shape index (κ1) is 18.3. The zero-order chi connectivity index (χ0) is 18.7. The third-order valence-corrected chi connectivity index (χ3v) is 6.07. The van der Waals surface area contributed by atoms with E-state index in [0.29, 0.717) is 30.1 Å². The van der Waals surface area contributed by atoms with Crippen LogP contribution in [0.15, 0.2) is 41.7 Å². The van der Waals surface area contributed by atoms with Gasteiger partial charge in [-0.05, 0) is 37.1 Å². The minimum absolute atomic E-state index is 0.205. The molecule has 1 aromatic heterocycles. The van der Waals surface area contributed by atoms with Crippen LogP contribution in [0.25, 0.3) is 0 Å². The molecule has 0 saturated carbocycles. The quantitative estimate of drug-likeness (QED) is 0.850. The molecule has 8 nitrogen and oxygen atoms in total. The van der Waals surface area contributed by atoms with Crippen molar-refractivity contribution >= 4 is 21.6 Å². The molecule has 0 bridgehead atoms. The molecule has 1 unspecified atom stereocenters. The minimum Gasteiger partial charge on any atom is -0.472 e. The predicted molar refractivity (Wildman–Crippen MR) is 95.3 cm³/mol. The zero-order valence-corrected chi connectivity index (χ0v) is 15.4. The van der Waals surface area contributed by atoms with Crippen LogP contribution in [0, 0.1) is 6.92 Å². The lowest BCUT2D eigenvalue weighted by Gasteiger charge is -2.18. The first-order valence-electron chi connectivity index (χ1n) is 8.17. The molecule has 26 heavy (non-hydrogen) atoms. The van der Waals surface area contributed by atoms with Crippen LogP contribution in [0.2, 0.25) is 0 Å². The topological polar surface area (TPSA) is 101 Å². The Morgan fingerprint density at radius 1 is 1.35 bits per heavy atom.